The second kappa shape index (κ2) is 5.62. The van der Waals surface area contributed by atoms with Crippen LogP contribution in [0.4, 0.5) is 26.3 Å². The molecular formula is C13H5Cl2F6N. The van der Waals surface area contributed by atoms with Crippen LogP contribution in [0.5, 0.6) is 0 Å². The number of nitrogens with zero attached hydrogens (tertiary/aromatic N) is 1. The van der Waals surface area contributed by atoms with Crippen molar-refractivity contribution in [3.8, 4) is 11.1 Å². The number of benzene rings is 1. The fourth-order valence-electron chi connectivity index (χ4n) is 1.71. The molecule has 0 amide bonds. The van der Waals surface area contributed by atoms with E-state index in [0.717, 1.165) is 0 Å². The number of alkyl halides is 6. The number of pyridine rings is 1. The molecule has 0 aliphatic rings. The Hall–Kier alpha value is -1.47. The molecule has 0 saturated carbocycles. The van der Waals surface area contributed by atoms with E-state index in [1.54, 1.807) is 0 Å². The van der Waals surface area contributed by atoms with Crippen LogP contribution in [0.2, 0.25) is 10.0 Å². The zero-order chi connectivity index (χ0) is 16.7. The van der Waals surface area contributed by atoms with Crippen molar-refractivity contribution in [2.75, 3.05) is 0 Å². The Morgan fingerprint density at radius 2 is 1.00 bits per heavy atom. The number of halogens is 8. The highest BCUT2D eigenvalue weighted by Gasteiger charge is 2.38. The number of hydrogen-bond donors (Lipinski definition) is 0. The summed E-state index contributed by atoms with van der Waals surface area (Å²) < 4.78 is 76.4. The van der Waals surface area contributed by atoms with Gasteiger partial charge in [0.2, 0.25) is 0 Å². The minimum atomic E-state index is -5.02. The second-order valence-electron chi connectivity index (χ2n) is 4.28. The number of hydrogen-bond acceptors (Lipinski definition) is 1. The van der Waals surface area contributed by atoms with Crippen LogP contribution in [0.15, 0.2) is 30.3 Å². The molecule has 22 heavy (non-hydrogen) atoms. The van der Waals surface area contributed by atoms with Crippen molar-refractivity contribution in [3.63, 3.8) is 0 Å². The van der Waals surface area contributed by atoms with Gasteiger partial charge in [0, 0.05) is 10.0 Å². The summed E-state index contributed by atoms with van der Waals surface area (Å²) in [6.45, 7) is 0. The number of aromatic nitrogens is 1. The van der Waals surface area contributed by atoms with Gasteiger partial charge in [-0.05, 0) is 41.5 Å². The maximum Gasteiger partial charge on any atom is 0.433 e. The lowest BCUT2D eigenvalue weighted by Crippen LogP contribution is -2.15. The van der Waals surface area contributed by atoms with Crippen molar-refractivity contribution >= 4 is 23.2 Å². The van der Waals surface area contributed by atoms with Crippen molar-refractivity contribution in [1.29, 1.82) is 0 Å². The van der Waals surface area contributed by atoms with Crippen molar-refractivity contribution in [3.05, 3.63) is 51.8 Å². The van der Waals surface area contributed by atoms with E-state index in [9.17, 15) is 26.3 Å². The zero-order valence-corrected chi connectivity index (χ0v) is 11.9. The van der Waals surface area contributed by atoms with Crippen molar-refractivity contribution in [1.82, 2.24) is 4.98 Å². The zero-order valence-electron chi connectivity index (χ0n) is 10.4. The van der Waals surface area contributed by atoms with Crippen molar-refractivity contribution < 1.29 is 26.3 Å². The van der Waals surface area contributed by atoms with E-state index < -0.39 is 23.7 Å². The van der Waals surface area contributed by atoms with Crippen molar-refractivity contribution in [2.45, 2.75) is 12.4 Å². The minimum Gasteiger partial charge on any atom is -0.239 e. The first-order chi connectivity index (χ1) is 9.96. The van der Waals surface area contributed by atoms with Gasteiger partial charge >= 0.3 is 12.4 Å². The Balaban J connectivity index is 2.70. The summed E-state index contributed by atoms with van der Waals surface area (Å²) in [5.41, 5.74) is -3.60. The fraction of sp³-hybridized carbons (Fsp3) is 0.154. The molecule has 0 aliphatic carbocycles. The van der Waals surface area contributed by atoms with E-state index in [1.165, 1.54) is 18.2 Å². The van der Waals surface area contributed by atoms with E-state index >= 15 is 0 Å². The van der Waals surface area contributed by atoms with Gasteiger partial charge in [-0.3, -0.25) is 0 Å². The maximum absolute atomic E-state index is 12.7. The molecule has 1 aromatic heterocycles. The van der Waals surface area contributed by atoms with E-state index in [0.29, 0.717) is 12.1 Å². The van der Waals surface area contributed by atoms with Gasteiger partial charge in [0.05, 0.1) is 0 Å². The lowest BCUT2D eigenvalue weighted by molar-refractivity contribution is -0.150. The van der Waals surface area contributed by atoms with Crippen LogP contribution >= 0.6 is 23.2 Å². The quantitative estimate of drug-likeness (QED) is 0.561. The van der Waals surface area contributed by atoms with Gasteiger partial charge in [-0.25, -0.2) is 4.98 Å². The molecule has 0 unspecified atom stereocenters. The molecule has 0 bridgehead atoms. The molecule has 2 rings (SSSR count). The molecule has 0 radical (unpaired) electrons. The van der Waals surface area contributed by atoms with Gasteiger partial charge in [-0.15, -0.1) is 0 Å². The Bertz CT molecular complexity index is 656. The molecule has 1 heterocycles. The smallest absolute Gasteiger partial charge is 0.239 e. The van der Waals surface area contributed by atoms with Crippen LogP contribution in [-0.4, -0.2) is 4.98 Å². The normalized spacial score (nSPS) is 12.5. The molecule has 1 aromatic carbocycles. The van der Waals surface area contributed by atoms with Crippen LogP contribution < -0.4 is 0 Å². The molecule has 0 aliphatic heterocycles. The summed E-state index contributed by atoms with van der Waals surface area (Å²) in [4.78, 5) is 2.63. The van der Waals surface area contributed by atoms with Gasteiger partial charge < -0.3 is 0 Å². The average molecular weight is 360 g/mol. The van der Waals surface area contributed by atoms with Crippen LogP contribution in [0.1, 0.15) is 11.4 Å². The summed E-state index contributed by atoms with van der Waals surface area (Å²) >= 11 is 11.4. The van der Waals surface area contributed by atoms with Crippen LogP contribution in [0, 0.1) is 0 Å². The van der Waals surface area contributed by atoms with Gasteiger partial charge in [-0.1, -0.05) is 23.2 Å². The van der Waals surface area contributed by atoms with Crippen LogP contribution in [0.25, 0.3) is 11.1 Å². The monoisotopic (exact) mass is 359 g/mol. The van der Waals surface area contributed by atoms with Gasteiger partial charge in [-0.2, -0.15) is 26.3 Å². The first kappa shape index (κ1) is 16.9. The highest BCUT2D eigenvalue weighted by molar-refractivity contribution is 6.35. The van der Waals surface area contributed by atoms with Crippen molar-refractivity contribution in [2.24, 2.45) is 0 Å². The lowest BCUT2D eigenvalue weighted by atomic mass is 10.0. The van der Waals surface area contributed by atoms with Gasteiger partial charge in [0.1, 0.15) is 11.4 Å². The predicted molar refractivity (Wildman–Crippen MR) is 69.7 cm³/mol. The molecule has 0 spiro atoms. The first-order valence-electron chi connectivity index (χ1n) is 5.60. The molecule has 118 valence electrons. The standard InChI is InChI=1S/C13H5Cl2F6N/c14-8-1-6(2-9(15)5-8)7-3-10(12(16,17)18)22-11(4-7)13(19,20)21/h1-5H. The third kappa shape index (κ3) is 3.84. The Morgan fingerprint density at radius 1 is 0.636 bits per heavy atom. The fourth-order valence-corrected chi connectivity index (χ4v) is 2.23. The predicted octanol–water partition coefficient (Wildman–Crippen LogP) is 6.09. The van der Waals surface area contributed by atoms with Crippen LogP contribution in [0.3, 0.4) is 0 Å². The van der Waals surface area contributed by atoms with Crippen LogP contribution in [-0.2, 0) is 12.4 Å². The summed E-state index contributed by atoms with van der Waals surface area (Å²) in [6.07, 6.45) is -10.0. The molecular weight excluding hydrogens is 355 g/mol. The molecule has 0 fully saturated rings. The molecule has 9 heteroatoms. The van der Waals surface area contributed by atoms with E-state index in [1.807, 2.05) is 0 Å². The molecule has 0 saturated heterocycles. The van der Waals surface area contributed by atoms with E-state index in [4.69, 9.17) is 23.2 Å². The summed E-state index contributed by atoms with van der Waals surface area (Å²) in [7, 11) is 0. The lowest BCUT2D eigenvalue weighted by Gasteiger charge is -2.13. The topological polar surface area (TPSA) is 12.9 Å². The summed E-state index contributed by atoms with van der Waals surface area (Å²) in [5.74, 6) is 0. The minimum absolute atomic E-state index is 0.0240. The number of rotatable bonds is 1. The molecule has 0 atom stereocenters. The van der Waals surface area contributed by atoms with E-state index in [2.05, 4.69) is 4.98 Å². The summed E-state index contributed by atoms with van der Waals surface area (Å²) in [5, 5.41) is 0.169. The molecule has 0 N–H and O–H groups in total. The van der Waals surface area contributed by atoms with E-state index in [-0.39, 0.29) is 21.2 Å². The largest absolute Gasteiger partial charge is 0.433 e. The summed E-state index contributed by atoms with van der Waals surface area (Å²) in [6, 6.07) is 4.75. The average Bonchev–Trinajstić information content (AvgIpc) is 2.35. The third-order valence-electron chi connectivity index (χ3n) is 2.60. The third-order valence-corrected chi connectivity index (χ3v) is 3.04. The Labute approximate surface area is 130 Å². The second-order valence-corrected chi connectivity index (χ2v) is 5.15. The maximum atomic E-state index is 12.7. The molecule has 2 aromatic rings. The highest BCUT2D eigenvalue weighted by Crippen LogP contribution is 2.37. The van der Waals surface area contributed by atoms with Gasteiger partial charge in [0.25, 0.3) is 0 Å². The SMILES string of the molecule is FC(F)(F)c1cc(-c2cc(Cl)cc(Cl)c2)cc(C(F)(F)F)n1. The Kier molecular flexibility index (Phi) is 4.32. The first-order valence-corrected chi connectivity index (χ1v) is 6.35. The highest BCUT2D eigenvalue weighted by atomic mass is 35.5. The molecule has 1 nitrogen and oxygen atoms in total. The Morgan fingerprint density at radius 3 is 1.36 bits per heavy atom. The van der Waals surface area contributed by atoms with Gasteiger partial charge in [0.15, 0.2) is 0 Å².